The summed E-state index contributed by atoms with van der Waals surface area (Å²) in [6, 6.07) is 7.46. The maximum absolute atomic E-state index is 11.9. The van der Waals surface area contributed by atoms with Gasteiger partial charge >= 0.3 is 5.97 Å². The van der Waals surface area contributed by atoms with E-state index in [9.17, 15) is 9.90 Å². The molecule has 1 N–H and O–H groups in total. The van der Waals surface area contributed by atoms with Gasteiger partial charge in [0.05, 0.1) is 23.7 Å². The monoisotopic (exact) mass is 295 g/mol. The number of carboxylic acid groups (broad SMARTS) is 1. The molecule has 0 atom stereocenters. The minimum absolute atomic E-state index is 0.282. The molecule has 0 radical (unpaired) electrons. The molecular weight excluding hydrogens is 278 g/mol. The van der Waals surface area contributed by atoms with Crippen molar-refractivity contribution in [3.63, 3.8) is 0 Å². The summed E-state index contributed by atoms with van der Waals surface area (Å²) in [5.74, 6) is -0.269. The second-order valence-corrected chi connectivity index (χ2v) is 5.54. The van der Waals surface area contributed by atoms with Gasteiger partial charge in [0.1, 0.15) is 5.75 Å². The van der Waals surface area contributed by atoms with E-state index >= 15 is 0 Å². The molecule has 0 saturated heterocycles. The van der Waals surface area contributed by atoms with E-state index in [4.69, 9.17) is 4.74 Å². The van der Waals surface area contributed by atoms with Crippen LogP contribution in [0, 0.1) is 20.8 Å². The molecule has 0 aliphatic heterocycles. The van der Waals surface area contributed by atoms with Crippen LogP contribution >= 0.6 is 0 Å². The molecule has 22 heavy (non-hydrogen) atoms. The number of aromatic nitrogens is 1. The summed E-state index contributed by atoms with van der Waals surface area (Å²) in [5.41, 5.74) is 4.62. The van der Waals surface area contributed by atoms with Crippen LogP contribution in [0.5, 0.6) is 5.75 Å². The van der Waals surface area contributed by atoms with Crippen LogP contribution in [0.25, 0.3) is 21.8 Å². The smallest absolute Gasteiger partial charge is 0.337 e. The number of methoxy groups -OCH3 is 1. The van der Waals surface area contributed by atoms with Gasteiger partial charge in [-0.3, -0.25) is 0 Å². The van der Waals surface area contributed by atoms with Crippen molar-refractivity contribution >= 4 is 27.8 Å². The minimum atomic E-state index is -0.951. The zero-order valence-corrected chi connectivity index (χ0v) is 13.0. The minimum Gasteiger partial charge on any atom is -0.496 e. The predicted octanol–water partition coefficient (Wildman–Crippen LogP) is 4.02. The number of pyridine rings is 1. The van der Waals surface area contributed by atoms with E-state index in [-0.39, 0.29) is 5.56 Å². The normalized spacial score (nSPS) is 11.1. The van der Waals surface area contributed by atoms with E-state index in [1.807, 2.05) is 39.0 Å². The number of nitrogens with zero attached hydrogens (tertiary/aromatic N) is 1. The number of hydrogen-bond acceptors (Lipinski definition) is 3. The number of rotatable bonds is 2. The van der Waals surface area contributed by atoms with Crippen LogP contribution in [0.15, 0.2) is 24.3 Å². The van der Waals surface area contributed by atoms with Gasteiger partial charge in [-0.25, -0.2) is 9.78 Å². The van der Waals surface area contributed by atoms with Crippen LogP contribution in [0.3, 0.4) is 0 Å². The molecule has 112 valence electrons. The maximum atomic E-state index is 11.9. The van der Waals surface area contributed by atoms with E-state index in [2.05, 4.69) is 4.98 Å². The molecule has 0 saturated carbocycles. The number of aromatic carboxylic acids is 1. The highest BCUT2D eigenvalue weighted by molar-refractivity contribution is 6.14. The maximum Gasteiger partial charge on any atom is 0.337 e. The lowest BCUT2D eigenvalue weighted by Gasteiger charge is -2.14. The molecule has 4 nitrogen and oxygen atoms in total. The Morgan fingerprint density at radius 1 is 1.09 bits per heavy atom. The molecule has 3 aromatic rings. The lowest BCUT2D eigenvalue weighted by Crippen LogP contribution is -2.03. The molecule has 1 heterocycles. The second-order valence-electron chi connectivity index (χ2n) is 5.54. The fraction of sp³-hybridized carbons (Fsp3) is 0.222. The summed E-state index contributed by atoms with van der Waals surface area (Å²) < 4.78 is 5.38. The molecule has 2 aromatic carbocycles. The quantitative estimate of drug-likeness (QED) is 0.725. The van der Waals surface area contributed by atoms with Gasteiger partial charge in [0, 0.05) is 10.8 Å². The van der Waals surface area contributed by atoms with Crippen LogP contribution in [-0.4, -0.2) is 23.2 Å². The average molecular weight is 295 g/mol. The Balaban J connectivity index is 2.61. The molecule has 3 rings (SSSR count). The predicted molar refractivity (Wildman–Crippen MR) is 87.0 cm³/mol. The highest BCUT2D eigenvalue weighted by Crippen LogP contribution is 2.34. The number of aryl methyl sites for hydroxylation is 2. The first kappa shape index (κ1) is 14.3. The molecule has 0 bridgehead atoms. The first-order chi connectivity index (χ1) is 10.4. The Bertz CT molecular complexity index is 929. The number of hydrogen-bond donors (Lipinski definition) is 1. The van der Waals surface area contributed by atoms with Gasteiger partial charge in [-0.2, -0.15) is 0 Å². The molecule has 0 aliphatic carbocycles. The molecule has 4 heteroatoms. The van der Waals surface area contributed by atoms with Crippen molar-refractivity contribution in [1.82, 2.24) is 4.98 Å². The summed E-state index contributed by atoms with van der Waals surface area (Å²) in [5, 5.41) is 11.0. The van der Waals surface area contributed by atoms with Gasteiger partial charge in [-0.1, -0.05) is 11.6 Å². The fourth-order valence-electron chi connectivity index (χ4n) is 2.86. The largest absolute Gasteiger partial charge is 0.496 e. The number of carbonyl (C=O) groups is 1. The third-order valence-electron chi connectivity index (χ3n) is 4.17. The molecule has 0 fully saturated rings. The fourth-order valence-corrected chi connectivity index (χ4v) is 2.86. The molecule has 0 unspecified atom stereocenters. The Morgan fingerprint density at radius 3 is 2.45 bits per heavy atom. The van der Waals surface area contributed by atoms with E-state index in [1.54, 1.807) is 13.2 Å². The van der Waals surface area contributed by atoms with Crippen molar-refractivity contribution in [3.05, 3.63) is 46.5 Å². The van der Waals surface area contributed by atoms with E-state index in [0.29, 0.717) is 27.6 Å². The molecule has 1 aromatic heterocycles. The van der Waals surface area contributed by atoms with Crippen molar-refractivity contribution in [1.29, 1.82) is 0 Å². The van der Waals surface area contributed by atoms with Gasteiger partial charge in [-0.15, -0.1) is 0 Å². The first-order valence-corrected chi connectivity index (χ1v) is 7.05. The molecule has 0 amide bonds. The summed E-state index contributed by atoms with van der Waals surface area (Å²) in [6.07, 6.45) is 0. The zero-order valence-electron chi connectivity index (χ0n) is 13.0. The van der Waals surface area contributed by atoms with Crippen LogP contribution in [0.2, 0.25) is 0 Å². The van der Waals surface area contributed by atoms with Crippen molar-refractivity contribution < 1.29 is 14.6 Å². The van der Waals surface area contributed by atoms with E-state index in [0.717, 1.165) is 16.7 Å². The van der Waals surface area contributed by atoms with Gasteiger partial charge in [-0.05, 0) is 50.1 Å². The first-order valence-electron chi connectivity index (χ1n) is 7.05. The molecule has 0 spiro atoms. The Labute approximate surface area is 128 Å². The lowest BCUT2D eigenvalue weighted by atomic mass is 9.96. The Kier molecular flexibility index (Phi) is 3.24. The summed E-state index contributed by atoms with van der Waals surface area (Å²) in [7, 11) is 1.59. The summed E-state index contributed by atoms with van der Waals surface area (Å²) >= 11 is 0. The third-order valence-corrected chi connectivity index (χ3v) is 4.17. The standard InChI is InChI=1S/C18H17NO3/c1-9-5-6-14-12(7-9)16(18(20)21)13-8-15(22-4)10(2)11(3)17(13)19-14/h5-8H,1-4H3,(H,20,21). The van der Waals surface area contributed by atoms with Gasteiger partial charge < -0.3 is 9.84 Å². The van der Waals surface area contributed by atoms with Crippen molar-refractivity contribution in [2.24, 2.45) is 0 Å². The highest BCUT2D eigenvalue weighted by atomic mass is 16.5. The number of benzene rings is 2. The van der Waals surface area contributed by atoms with Crippen LogP contribution in [0.4, 0.5) is 0 Å². The van der Waals surface area contributed by atoms with E-state index in [1.165, 1.54) is 0 Å². The number of fused-ring (bicyclic) bond motifs is 2. The second kappa shape index (κ2) is 4.98. The van der Waals surface area contributed by atoms with Crippen LogP contribution in [-0.2, 0) is 0 Å². The summed E-state index contributed by atoms with van der Waals surface area (Å²) in [6.45, 7) is 5.84. The van der Waals surface area contributed by atoms with Crippen molar-refractivity contribution in [2.45, 2.75) is 20.8 Å². The molecule has 0 aliphatic rings. The van der Waals surface area contributed by atoms with Gasteiger partial charge in [0.15, 0.2) is 0 Å². The number of carboxylic acids is 1. The SMILES string of the molecule is COc1cc2c(C(=O)O)c3cc(C)ccc3nc2c(C)c1C. The highest BCUT2D eigenvalue weighted by Gasteiger charge is 2.19. The summed E-state index contributed by atoms with van der Waals surface area (Å²) in [4.78, 5) is 16.5. The topological polar surface area (TPSA) is 59.4 Å². The Morgan fingerprint density at radius 2 is 1.82 bits per heavy atom. The number of ether oxygens (including phenoxy) is 1. The average Bonchev–Trinajstić information content (AvgIpc) is 2.48. The van der Waals surface area contributed by atoms with Crippen LogP contribution < -0.4 is 4.74 Å². The molecular formula is C18H17NO3. The third kappa shape index (κ3) is 1.99. The lowest BCUT2D eigenvalue weighted by molar-refractivity contribution is 0.0701. The van der Waals surface area contributed by atoms with Gasteiger partial charge in [0.25, 0.3) is 0 Å². The van der Waals surface area contributed by atoms with Crippen LogP contribution in [0.1, 0.15) is 27.0 Å². The van der Waals surface area contributed by atoms with Crippen molar-refractivity contribution in [3.8, 4) is 5.75 Å². The Hall–Kier alpha value is -2.62. The zero-order chi connectivity index (χ0) is 16.0. The van der Waals surface area contributed by atoms with Gasteiger partial charge in [0.2, 0.25) is 0 Å². The van der Waals surface area contributed by atoms with Crippen molar-refractivity contribution in [2.75, 3.05) is 7.11 Å². The van der Waals surface area contributed by atoms with E-state index < -0.39 is 5.97 Å².